The van der Waals surface area contributed by atoms with Gasteiger partial charge in [-0.25, -0.2) is 4.79 Å². The molecular formula is C16H15NO4. The van der Waals surface area contributed by atoms with Crippen molar-refractivity contribution in [1.82, 2.24) is 4.57 Å². The number of nitrogens with zero attached hydrogens (tertiary/aromatic N) is 1. The Morgan fingerprint density at radius 2 is 2.14 bits per heavy atom. The summed E-state index contributed by atoms with van der Waals surface area (Å²) in [6.45, 7) is 0.414. The zero-order valence-corrected chi connectivity index (χ0v) is 11.5. The largest absolute Gasteiger partial charge is 0.496 e. The number of carboxylic acids is 1. The van der Waals surface area contributed by atoms with Crippen molar-refractivity contribution in [3.05, 3.63) is 70.2 Å². The van der Waals surface area contributed by atoms with E-state index in [9.17, 15) is 9.59 Å². The van der Waals surface area contributed by atoms with Gasteiger partial charge in [0.1, 0.15) is 5.75 Å². The van der Waals surface area contributed by atoms with Crippen molar-refractivity contribution in [3.63, 3.8) is 0 Å². The van der Waals surface area contributed by atoms with Crippen molar-refractivity contribution in [2.75, 3.05) is 7.11 Å². The molecule has 5 heteroatoms. The van der Waals surface area contributed by atoms with Crippen LogP contribution in [0, 0.1) is 0 Å². The Bertz CT molecular complexity index is 731. The van der Waals surface area contributed by atoms with Gasteiger partial charge in [-0.2, -0.15) is 0 Å². The lowest BCUT2D eigenvalue weighted by atomic mass is 10.1. The Hall–Kier alpha value is -2.82. The summed E-state index contributed by atoms with van der Waals surface area (Å²) in [5, 5.41) is 8.71. The van der Waals surface area contributed by atoms with Gasteiger partial charge in [-0.1, -0.05) is 12.1 Å². The molecule has 1 N–H and O–H groups in total. The molecule has 0 amide bonds. The standard InChI is InChI=1S/C16H15NO4/c1-21-14-7-5-12(10-13(14)6-8-16(19)20)11-17-9-3-2-4-15(17)18/h2-10H,11H2,1H3,(H,19,20). The molecule has 0 bridgehead atoms. The van der Waals surface area contributed by atoms with Crippen LogP contribution in [0.4, 0.5) is 0 Å². The van der Waals surface area contributed by atoms with E-state index in [1.807, 2.05) is 6.07 Å². The van der Waals surface area contributed by atoms with Gasteiger partial charge >= 0.3 is 5.97 Å². The molecule has 0 spiro atoms. The monoisotopic (exact) mass is 285 g/mol. The third kappa shape index (κ3) is 3.82. The van der Waals surface area contributed by atoms with E-state index in [4.69, 9.17) is 9.84 Å². The lowest BCUT2D eigenvalue weighted by Crippen LogP contribution is -2.18. The fourth-order valence-corrected chi connectivity index (χ4v) is 1.96. The quantitative estimate of drug-likeness (QED) is 0.853. The van der Waals surface area contributed by atoms with Crippen LogP contribution < -0.4 is 10.3 Å². The summed E-state index contributed by atoms with van der Waals surface area (Å²) in [6, 6.07) is 10.4. The summed E-state index contributed by atoms with van der Waals surface area (Å²) in [7, 11) is 1.52. The van der Waals surface area contributed by atoms with Crippen LogP contribution in [0.25, 0.3) is 6.08 Å². The van der Waals surface area contributed by atoms with Crippen LogP contribution in [0.5, 0.6) is 5.75 Å². The van der Waals surface area contributed by atoms with Crippen molar-refractivity contribution < 1.29 is 14.6 Å². The van der Waals surface area contributed by atoms with Crippen LogP contribution in [0.2, 0.25) is 0 Å². The third-order valence-corrected chi connectivity index (χ3v) is 2.95. The molecule has 1 aromatic heterocycles. The van der Waals surface area contributed by atoms with Crippen LogP contribution in [0.3, 0.4) is 0 Å². The number of carboxylic acid groups (broad SMARTS) is 1. The Labute approximate surface area is 121 Å². The second kappa shape index (κ2) is 6.56. The molecule has 0 aliphatic heterocycles. The number of hydrogen-bond donors (Lipinski definition) is 1. The molecule has 0 aliphatic rings. The fraction of sp³-hybridized carbons (Fsp3) is 0.125. The van der Waals surface area contributed by atoms with Gasteiger partial charge in [0.2, 0.25) is 0 Å². The molecule has 0 fully saturated rings. The molecule has 2 rings (SSSR count). The zero-order chi connectivity index (χ0) is 15.2. The predicted molar refractivity (Wildman–Crippen MR) is 79.5 cm³/mol. The van der Waals surface area contributed by atoms with E-state index in [0.717, 1.165) is 11.6 Å². The number of pyridine rings is 1. The molecule has 2 aromatic rings. The fourth-order valence-electron chi connectivity index (χ4n) is 1.96. The minimum absolute atomic E-state index is 0.0871. The Morgan fingerprint density at radius 1 is 1.33 bits per heavy atom. The van der Waals surface area contributed by atoms with E-state index < -0.39 is 5.97 Å². The van der Waals surface area contributed by atoms with E-state index >= 15 is 0 Å². The number of hydrogen-bond acceptors (Lipinski definition) is 3. The number of carbonyl (C=O) groups is 1. The maximum atomic E-state index is 11.7. The molecule has 108 valence electrons. The van der Waals surface area contributed by atoms with E-state index in [-0.39, 0.29) is 5.56 Å². The van der Waals surface area contributed by atoms with Crippen LogP contribution in [-0.4, -0.2) is 22.8 Å². The number of aliphatic carboxylic acids is 1. The first-order valence-electron chi connectivity index (χ1n) is 6.33. The van der Waals surface area contributed by atoms with Crippen molar-refractivity contribution in [3.8, 4) is 5.75 Å². The topological polar surface area (TPSA) is 68.5 Å². The molecule has 0 saturated heterocycles. The highest BCUT2D eigenvalue weighted by Crippen LogP contribution is 2.21. The summed E-state index contributed by atoms with van der Waals surface area (Å²) < 4.78 is 6.77. The summed E-state index contributed by atoms with van der Waals surface area (Å²) >= 11 is 0. The minimum atomic E-state index is -1.03. The Morgan fingerprint density at radius 3 is 2.81 bits per heavy atom. The normalized spacial score (nSPS) is 10.7. The first-order chi connectivity index (χ1) is 10.1. The molecule has 1 aromatic carbocycles. The van der Waals surface area contributed by atoms with Crippen LogP contribution in [0.15, 0.2) is 53.5 Å². The van der Waals surface area contributed by atoms with Gasteiger partial charge < -0.3 is 14.4 Å². The highest BCUT2D eigenvalue weighted by molar-refractivity contribution is 5.86. The smallest absolute Gasteiger partial charge is 0.328 e. The SMILES string of the molecule is COc1ccc(Cn2ccccc2=O)cc1C=CC(=O)O. The van der Waals surface area contributed by atoms with Crippen molar-refractivity contribution in [2.24, 2.45) is 0 Å². The first kappa shape index (κ1) is 14.6. The second-order valence-corrected chi connectivity index (χ2v) is 4.41. The highest BCUT2D eigenvalue weighted by atomic mass is 16.5. The summed E-state index contributed by atoms with van der Waals surface area (Å²) in [5.74, 6) is -0.446. The number of rotatable bonds is 5. The first-order valence-corrected chi connectivity index (χ1v) is 6.33. The molecule has 0 atom stereocenters. The highest BCUT2D eigenvalue weighted by Gasteiger charge is 2.04. The molecular weight excluding hydrogens is 270 g/mol. The Kier molecular flexibility index (Phi) is 4.56. The maximum absolute atomic E-state index is 11.7. The van der Waals surface area contributed by atoms with Crippen LogP contribution in [0.1, 0.15) is 11.1 Å². The zero-order valence-electron chi connectivity index (χ0n) is 11.5. The van der Waals surface area contributed by atoms with Crippen LogP contribution >= 0.6 is 0 Å². The van der Waals surface area contributed by atoms with Gasteiger partial charge in [0.15, 0.2) is 0 Å². The van der Waals surface area contributed by atoms with Gasteiger partial charge in [0.05, 0.1) is 13.7 Å². The van der Waals surface area contributed by atoms with E-state index in [1.165, 1.54) is 19.3 Å². The lowest BCUT2D eigenvalue weighted by Gasteiger charge is -2.09. The van der Waals surface area contributed by atoms with E-state index in [1.54, 1.807) is 35.0 Å². The number of aromatic nitrogens is 1. The van der Waals surface area contributed by atoms with E-state index in [2.05, 4.69) is 0 Å². The van der Waals surface area contributed by atoms with Crippen molar-refractivity contribution in [2.45, 2.75) is 6.54 Å². The van der Waals surface area contributed by atoms with E-state index in [0.29, 0.717) is 17.9 Å². The Balaban J connectivity index is 2.33. The predicted octanol–water partition coefficient (Wildman–Crippen LogP) is 2.00. The molecule has 1 heterocycles. The lowest BCUT2D eigenvalue weighted by molar-refractivity contribution is -0.131. The molecule has 0 saturated carbocycles. The van der Waals surface area contributed by atoms with Gasteiger partial charge in [0.25, 0.3) is 5.56 Å². The van der Waals surface area contributed by atoms with Gasteiger partial charge in [-0.15, -0.1) is 0 Å². The molecule has 0 radical (unpaired) electrons. The van der Waals surface area contributed by atoms with Crippen molar-refractivity contribution in [1.29, 1.82) is 0 Å². The third-order valence-electron chi connectivity index (χ3n) is 2.95. The summed E-state index contributed by atoms with van der Waals surface area (Å²) in [5.41, 5.74) is 1.45. The van der Waals surface area contributed by atoms with Crippen LogP contribution in [-0.2, 0) is 11.3 Å². The van der Waals surface area contributed by atoms with Crippen molar-refractivity contribution >= 4 is 12.0 Å². The van der Waals surface area contributed by atoms with Gasteiger partial charge in [0, 0.05) is 23.9 Å². The average molecular weight is 285 g/mol. The average Bonchev–Trinajstić information content (AvgIpc) is 2.47. The number of benzene rings is 1. The second-order valence-electron chi connectivity index (χ2n) is 4.41. The van der Waals surface area contributed by atoms with Gasteiger partial charge in [-0.05, 0) is 29.8 Å². The summed E-state index contributed by atoms with van der Waals surface area (Å²) in [4.78, 5) is 22.3. The van der Waals surface area contributed by atoms with Gasteiger partial charge in [-0.3, -0.25) is 4.79 Å². The summed E-state index contributed by atoms with van der Waals surface area (Å²) in [6.07, 6.45) is 4.23. The number of methoxy groups -OCH3 is 1. The molecule has 21 heavy (non-hydrogen) atoms. The minimum Gasteiger partial charge on any atom is -0.496 e. The molecule has 0 aliphatic carbocycles. The maximum Gasteiger partial charge on any atom is 0.328 e. The molecule has 0 unspecified atom stereocenters. The number of ether oxygens (including phenoxy) is 1. The molecule has 5 nitrogen and oxygen atoms in total.